The molecule has 0 radical (unpaired) electrons. The number of aryl methyl sites for hydroxylation is 1. The standard InChI is InChI=1S/C15H14ClN3O/c16-12-6-1-4-9-15(12)20-11-5-10-19-14-8-3-2-7-13(14)17-18-19/h1-4,6-9H,5,10-11H2. The molecule has 0 N–H and O–H groups in total. The van der Waals surface area contributed by atoms with E-state index in [0.29, 0.717) is 11.6 Å². The van der Waals surface area contributed by atoms with Gasteiger partial charge in [-0.2, -0.15) is 0 Å². The van der Waals surface area contributed by atoms with Gasteiger partial charge in [0.25, 0.3) is 0 Å². The van der Waals surface area contributed by atoms with E-state index in [4.69, 9.17) is 16.3 Å². The highest BCUT2D eigenvalue weighted by molar-refractivity contribution is 6.32. The van der Waals surface area contributed by atoms with Crippen LogP contribution in [-0.4, -0.2) is 21.6 Å². The van der Waals surface area contributed by atoms with E-state index < -0.39 is 0 Å². The first-order chi connectivity index (χ1) is 9.84. The Hall–Kier alpha value is -2.07. The minimum Gasteiger partial charge on any atom is -0.492 e. The molecule has 0 fully saturated rings. The molecule has 20 heavy (non-hydrogen) atoms. The van der Waals surface area contributed by atoms with Crippen LogP contribution in [0.5, 0.6) is 5.75 Å². The number of nitrogens with zero attached hydrogens (tertiary/aromatic N) is 3. The van der Waals surface area contributed by atoms with E-state index in [1.54, 1.807) is 0 Å². The number of rotatable bonds is 5. The second-order valence-electron chi connectivity index (χ2n) is 4.43. The molecular weight excluding hydrogens is 274 g/mol. The number of aromatic nitrogens is 3. The fourth-order valence-corrected chi connectivity index (χ4v) is 2.23. The monoisotopic (exact) mass is 287 g/mol. The molecule has 102 valence electrons. The largest absolute Gasteiger partial charge is 0.492 e. The molecule has 1 heterocycles. The first-order valence-electron chi connectivity index (χ1n) is 6.50. The van der Waals surface area contributed by atoms with Crippen LogP contribution in [-0.2, 0) is 6.54 Å². The summed E-state index contributed by atoms with van der Waals surface area (Å²) in [5.74, 6) is 0.720. The summed E-state index contributed by atoms with van der Waals surface area (Å²) in [7, 11) is 0. The van der Waals surface area contributed by atoms with Crippen molar-refractivity contribution in [3.05, 3.63) is 53.6 Å². The van der Waals surface area contributed by atoms with Gasteiger partial charge in [0.15, 0.2) is 0 Å². The normalized spacial score (nSPS) is 10.8. The summed E-state index contributed by atoms with van der Waals surface area (Å²) >= 11 is 6.03. The molecule has 0 atom stereocenters. The minimum atomic E-state index is 0.595. The molecule has 1 aromatic heterocycles. The Kier molecular flexibility index (Phi) is 3.83. The molecule has 0 aliphatic carbocycles. The van der Waals surface area contributed by atoms with Crippen molar-refractivity contribution in [2.24, 2.45) is 0 Å². The van der Waals surface area contributed by atoms with Crippen molar-refractivity contribution in [2.75, 3.05) is 6.61 Å². The Labute approximate surface area is 121 Å². The summed E-state index contributed by atoms with van der Waals surface area (Å²) in [5, 5.41) is 8.90. The van der Waals surface area contributed by atoms with Crippen LogP contribution in [0.2, 0.25) is 5.02 Å². The van der Waals surface area contributed by atoms with Crippen LogP contribution in [0.4, 0.5) is 0 Å². The predicted octanol–water partition coefficient (Wildman–Crippen LogP) is 3.55. The van der Waals surface area contributed by atoms with E-state index in [-0.39, 0.29) is 0 Å². The Balaban J connectivity index is 1.57. The second-order valence-corrected chi connectivity index (χ2v) is 4.84. The lowest BCUT2D eigenvalue weighted by molar-refractivity contribution is 0.299. The Bertz CT molecular complexity index is 711. The molecule has 3 aromatic rings. The zero-order valence-electron chi connectivity index (χ0n) is 10.9. The molecule has 0 unspecified atom stereocenters. The maximum Gasteiger partial charge on any atom is 0.137 e. The van der Waals surface area contributed by atoms with Gasteiger partial charge in [-0.15, -0.1) is 5.10 Å². The van der Waals surface area contributed by atoms with Crippen LogP contribution >= 0.6 is 11.6 Å². The van der Waals surface area contributed by atoms with E-state index >= 15 is 0 Å². The van der Waals surface area contributed by atoms with Gasteiger partial charge < -0.3 is 4.74 Å². The zero-order chi connectivity index (χ0) is 13.8. The van der Waals surface area contributed by atoms with Gasteiger partial charge in [0.2, 0.25) is 0 Å². The second kappa shape index (κ2) is 5.92. The lowest BCUT2D eigenvalue weighted by Crippen LogP contribution is -2.06. The average Bonchev–Trinajstić information content (AvgIpc) is 2.89. The summed E-state index contributed by atoms with van der Waals surface area (Å²) in [4.78, 5) is 0. The summed E-state index contributed by atoms with van der Waals surface area (Å²) in [6.45, 7) is 1.36. The molecule has 0 saturated heterocycles. The van der Waals surface area contributed by atoms with Gasteiger partial charge in [-0.3, -0.25) is 0 Å². The van der Waals surface area contributed by atoms with Gasteiger partial charge in [-0.25, -0.2) is 4.68 Å². The molecule has 2 aromatic carbocycles. The maximum absolute atomic E-state index is 6.03. The third-order valence-electron chi connectivity index (χ3n) is 3.03. The van der Waals surface area contributed by atoms with Crippen molar-refractivity contribution in [3.63, 3.8) is 0 Å². The number of para-hydroxylation sites is 2. The third-order valence-corrected chi connectivity index (χ3v) is 3.34. The highest BCUT2D eigenvalue weighted by atomic mass is 35.5. The van der Waals surface area contributed by atoms with Gasteiger partial charge in [0, 0.05) is 13.0 Å². The molecule has 3 rings (SSSR count). The fraction of sp³-hybridized carbons (Fsp3) is 0.200. The summed E-state index contributed by atoms with van der Waals surface area (Å²) in [5.41, 5.74) is 1.96. The molecule has 4 nitrogen and oxygen atoms in total. The Morgan fingerprint density at radius 3 is 2.75 bits per heavy atom. The van der Waals surface area contributed by atoms with E-state index in [9.17, 15) is 0 Å². The van der Waals surface area contributed by atoms with Gasteiger partial charge in [-0.05, 0) is 24.3 Å². The fourth-order valence-electron chi connectivity index (χ4n) is 2.04. The number of halogens is 1. The quantitative estimate of drug-likeness (QED) is 0.674. The van der Waals surface area contributed by atoms with E-state index in [1.165, 1.54) is 0 Å². The van der Waals surface area contributed by atoms with Crippen LogP contribution in [0.15, 0.2) is 48.5 Å². The van der Waals surface area contributed by atoms with Crippen LogP contribution < -0.4 is 4.74 Å². The first-order valence-corrected chi connectivity index (χ1v) is 6.88. The lowest BCUT2D eigenvalue weighted by atomic mass is 10.3. The molecule has 0 amide bonds. The van der Waals surface area contributed by atoms with Gasteiger partial charge >= 0.3 is 0 Å². The molecule has 0 aliphatic rings. The molecule has 0 bridgehead atoms. The molecule has 5 heteroatoms. The average molecular weight is 288 g/mol. The van der Waals surface area contributed by atoms with E-state index in [2.05, 4.69) is 10.3 Å². The Morgan fingerprint density at radius 1 is 1.05 bits per heavy atom. The van der Waals surface area contributed by atoms with Crippen LogP contribution in [0.25, 0.3) is 11.0 Å². The van der Waals surface area contributed by atoms with E-state index in [0.717, 1.165) is 29.7 Å². The molecular formula is C15H14ClN3O. The van der Waals surface area contributed by atoms with Gasteiger partial charge in [0.1, 0.15) is 11.3 Å². The van der Waals surface area contributed by atoms with Crippen molar-refractivity contribution in [1.82, 2.24) is 15.0 Å². The van der Waals surface area contributed by atoms with Gasteiger partial charge in [-0.1, -0.05) is 41.1 Å². The number of fused-ring (bicyclic) bond motifs is 1. The van der Waals surface area contributed by atoms with Crippen molar-refractivity contribution in [2.45, 2.75) is 13.0 Å². The summed E-state index contributed by atoms with van der Waals surface area (Å²) < 4.78 is 7.55. The third kappa shape index (κ3) is 2.75. The summed E-state index contributed by atoms with van der Waals surface area (Å²) in [6, 6.07) is 15.4. The number of ether oxygens (including phenoxy) is 1. The van der Waals surface area contributed by atoms with Crippen LogP contribution in [0.1, 0.15) is 6.42 Å². The smallest absolute Gasteiger partial charge is 0.137 e. The van der Waals surface area contributed by atoms with Gasteiger partial charge in [0.05, 0.1) is 17.1 Å². The SMILES string of the molecule is Clc1ccccc1OCCCn1nnc2ccccc21. The number of hydrogen-bond donors (Lipinski definition) is 0. The topological polar surface area (TPSA) is 39.9 Å². The minimum absolute atomic E-state index is 0.595. The molecule has 0 saturated carbocycles. The van der Waals surface area contributed by atoms with Crippen molar-refractivity contribution in [3.8, 4) is 5.75 Å². The first kappa shape index (κ1) is 12.9. The number of benzene rings is 2. The zero-order valence-corrected chi connectivity index (χ0v) is 11.6. The van der Waals surface area contributed by atoms with Crippen LogP contribution in [0.3, 0.4) is 0 Å². The van der Waals surface area contributed by atoms with Crippen LogP contribution in [0, 0.1) is 0 Å². The van der Waals surface area contributed by atoms with Crippen molar-refractivity contribution >= 4 is 22.6 Å². The highest BCUT2D eigenvalue weighted by Crippen LogP contribution is 2.23. The molecule has 0 spiro atoms. The summed E-state index contributed by atoms with van der Waals surface area (Å²) in [6.07, 6.45) is 0.846. The number of hydrogen-bond acceptors (Lipinski definition) is 3. The lowest BCUT2D eigenvalue weighted by Gasteiger charge is -2.07. The Morgan fingerprint density at radius 2 is 1.85 bits per heavy atom. The maximum atomic E-state index is 6.03. The van der Waals surface area contributed by atoms with Crippen molar-refractivity contribution in [1.29, 1.82) is 0 Å². The predicted molar refractivity (Wildman–Crippen MR) is 79.1 cm³/mol. The van der Waals surface area contributed by atoms with E-state index in [1.807, 2.05) is 53.2 Å². The molecule has 0 aliphatic heterocycles. The highest BCUT2D eigenvalue weighted by Gasteiger charge is 2.03. The van der Waals surface area contributed by atoms with Crippen molar-refractivity contribution < 1.29 is 4.74 Å².